The van der Waals surface area contributed by atoms with Gasteiger partial charge in [-0.15, -0.1) is 0 Å². The van der Waals surface area contributed by atoms with E-state index < -0.39 is 5.56 Å². The van der Waals surface area contributed by atoms with E-state index in [-0.39, 0.29) is 16.6 Å². The number of rotatable bonds is 3. The number of aromatic nitrogens is 4. The lowest BCUT2D eigenvalue weighted by molar-refractivity contribution is -0.128. The van der Waals surface area contributed by atoms with E-state index in [0.29, 0.717) is 41.1 Å². The zero-order valence-corrected chi connectivity index (χ0v) is 21.7. The highest BCUT2D eigenvalue weighted by atomic mass is 35.5. The Balaban J connectivity index is 1.58. The molecule has 1 aromatic carbocycles. The number of nitrogens with one attached hydrogen (secondary N) is 2. The number of carbonyl (C=O) groups excluding carboxylic acids is 1. The van der Waals surface area contributed by atoms with Crippen LogP contribution < -0.4 is 20.9 Å². The molecule has 0 saturated carbocycles. The summed E-state index contributed by atoms with van der Waals surface area (Å²) in [6.07, 6.45) is 3.16. The van der Waals surface area contributed by atoms with Crippen molar-refractivity contribution < 1.29 is 9.53 Å². The fraction of sp³-hybridized carbons (Fsp3) is 0.280. The molecule has 11 heteroatoms. The van der Waals surface area contributed by atoms with Crippen LogP contribution in [0.3, 0.4) is 0 Å². The summed E-state index contributed by atoms with van der Waals surface area (Å²) in [5.74, 6) is -0.147. The predicted octanol–water partition coefficient (Wildman–Crippen LogP) is 1.38. The van der Waals surface area contributed by atoms with Gasteiger partial charge in [0.05, 0.1) is 18.4 Å². The number of morpholine rings is 1. The van der Waals surface area contributed by atoms with Crippen molar-refractivity contribution in [2.45, 2.75) is 20.8 Å². The summed E-state index contributed by atoms with van der Waals surface area (Å²) in [5, 5.41) is 12.9. The van der Waals surface area contributed by atoms with Gasteiger partial charge in [-0.3, -0.25) is 20.1 Å². The van der Waals surface area contributed by atoms with Crippen LogP contribution in [0.1, 0.15) is 22.5 Å². The molecule has 186 valence electrons. The van der Waals surface area contributed by atoms with Gasteiger partial charge in [-0.2, -0.15) is 4.98 Å². The molecular formula is C25H25ClN6O3S. The number of aromatic amines is 1. The van der Waals surface area contributed by atoms with Crippen molar-refractivity contribution in [1.82, 2.24) is 24.2 Å². The summed E-state index contributed by atoms with van der Waals surface area (Å²) in [7, 11) is 0. The number of hydrogen-bond acceptors (Lipinski definition) is 6. The molecule has 3 aliphatic heterocycles. The van der Waals surface area contributed by atoms with Crippen LogP contribution in [-0.2, 0) is 9.53 Å². The zero-order valence-electron chi connectivity index (χ0n) is 20.1. The molecule has 0 unspecified atom stereocenters. The van der Waals surface area contributed by atoms with Crippen LogP contribution in [0.4, 0.5) is 0 Å². The third-order valence-electron chi connectivity index (χ3n) is 6.28. The summed E-state index contributed by atoms with van der Waals surface area (Å²) in [5.41, 5.74) is 4.09. The minimum Gasteiger partial charge on any atom is -0.378 e. The molecule has 36 heavy (non-hydrogen) atoms. The Hall–Kier alpha value is -3.47. The Kier molecular flexibility index (Phi) is 6.42. The topological polar surface area (TPSA) is 109 Å². The Morgan fingerprint density at radius 2 is 1.97 bits per heavy atom. The summed E-state index contributed by atoms with van der Waals surface area (Å²) >= 11 is 7.50. The highest BCUT2D eigenvalue weighted by molar-refractivity contribution is 7.11. The molecule has 2 N–H and O–H groups in total. The lowest BCUT2D eigenvalue weighted by Crippen LogP contribution is -2.47. The van der Waals surface area contributed by atoms with Crippen molar-refractivity contribution in [3.05, 3.63) is 77.5 Å². The molecule has 0 radical (unpaired) electrons. The fourth-order valence-corrected chi connectivity index (χ4v) is 5.33. The van der Waals surface area contributed by atoms with E-state index in [2.05, 4.69) is 14.6 Å². The van der Waals surface area contributed by atoms with Crippen molar-refractivity contribution >= 4 is 41.0 Å². The van der Waals surface area contributed by atoms with Crippen molar-refractivity contribution in [3.8, 4) is 10.8 Å². The maximum Gasteiger partial charge on any atom is 0.283 e. The molecule has 1 aromatic heterocycles. The molecule has 0 spiro atoms. The molecule has 5 rings (SSSR count). The molecular weight excluding hydrogens is 500 g/mol. The summed E-state index contributed by atoms with van der Waals surface area (Å²) in [4.78, 5) is 31.3. The number of H-pyrrole nitrogens is 1. The second-order valence-corrected chi connectivity index (χ2v) is 10.1. The number of carbonyl (C=O) groups is 1. The van der Waals surface area contributed by atoms with Crippen LogP contribution in [0.15, 0.2) is 29.1 Å². The molecule has 0 bridgehead atoms. The zero-order chi connectivity index (χ0) is 25.6. The van der Waals surface area contributed by atoms with Gasteiger partial charge in [0.15, 0.2) is 5.49 Å². The molecule has 2 aromatic rings. The number of halogens is 1. The Bertz CT molecular complexity index is 1690. The number of nitrogens with zero attached hydrogens (tertiary/aromatic N) is 4. The molecule has 3 aliphatic rings. The van der Waals surface area contributed by atoms with Crippen LogP contribution in [0.5, 0.6) is 0 Å². The summed E-state index contributed by atoms with van der Waals surface area (Å²) in [6.45, 7) is 7.99. The average Bonchev–Trinajstić information content (AvgIpc) is 3.38. The number of ether oxygens (including phenoxy) is 1. The van der Waals surface area contributed by atoms with Crippen LogP contribution >= 0.6 is 22.9 Å². The summed E-state index contributed by atoms with van der Waals surface area (Å²) < 4.78 is 9.29. The first-order valence-corrected chi connectivity index (χ1v) is 12.6. The van der Waals surface area contributed by atoms with E-state index in [4.69, 9.17) is 21.7 Å². The first-order valence-electron chi connectivity index (χ1n) is 11.4. The Morgan fingerprint density at radius 3 is 2.69 bits per heavy atom. The van der Waals surface area contributed by atoms with Crippen molar-refractivity contribution in [2.24, 2.45) is 0 Å². The van der Waals surface area contributed by atoms with Gasteiger partial charge in [-0.05, 0) is 56.2 Å². The Morgan fingerprint density at radius 1 is 1.22 bits per heavy atom. The second kappa shape index (κ2) is 9.53. The SMILES string of the molecule is Cc1ccc(-n2c(C)cc(/C=c3/c(=O)nc4s/c(=C/C(=O)N5CCOCC5)[nH]n-4c3=N)c2C)cc1Cl. The van der Waals surface area contributed by atoms with E-state index in [1.165, 1.54) is 10.8 Å². The van der Waals surface area contributed by atoms with Crippen molar-refractivity contribution in [1.29, 1.82) is 5.41 Å². The van der Waals surface area contributed by atoms with Crippen LogP contribution in [-0.4, -0.2) is 56.4 Å². The van der Waals surface area contributed by atoms with Gasteiger partial charge in [0.25, 0.3) is 5.56 Å². The lowest BCUT2D eigenvalue weighted by atomic mass is 10.2. The predicted molar refractivity (Wildman–Crippen MR) is 139 cm³/mol. The second-order valence-electron chi connectivity index (χ2n) is 8.70. The third kappa shape index (κ3) is 4.43. The van der Waals surface area contributed by atoms with Gasteiger partial charge in [-0.25, -0.2) is 4.68 Å². The van der Waals surface area contributed by atoms with Gasteiger partial charge in [0.1, 0.15) is 4.66 Å². The van der Waals surface area contributed by atoms with Gasteiger partial charge in [0, 0.05) is 41.3 Å². The largest absolute Gasteiger partial charge is 0.378 e. The normalized spacial score (nSPS) is 15.3. The van der Waals surface area contributed by atoms with E-state index in [1.807, 2.05) is 45.0 Å². The minimum atomic E-state index is -0.496. The quantitative estimate of drug-likeness (QED) is 0.422. The van der Waals surface area contributed by atoms with Gasteiger partial charge in [-0.1, -0.05) is 29.0 Å². The average molecular weight is 525 g/mol. The van der Waals surface area contributed by atoms with E-state index in [1.54, 1.807) is 11.0 Å². The first-order chi connectivity index (χ1) is 17.2. The smallest absolute Gasteiger partial charge is 0.283 e. The van der Waals surface area contributed by atoms with E-state index in [0.717, 1.165) is 39.5 Å². The summed E-state index contributed by atoms with van der Waals surface area (Å²) in [6, 6.07) is 7.85. The monoisotopic (exact) mass is 524 g/mol. The van der Waals surface area contributed by atoms with Gasteiger partial charge < -0.3 is 14.2 Å². The Labute approximate surface area is 215 Å². The standard InChI is InChI=1S/C25H25ClN6O3S/c1-14-4-5-18(12-20(14)26)31-15(2)10-17(16(31)3)11-19-23(27)32-25(28-24(19)34)36-21(29-32)13-22(33)30-6-8-35-9-7-30/h4-5,10-13,27,29H,6-9H2,1-3H3/b19-11+,21-13+,27-23?. The molecule has 0 aliphatic carbocycles. The highest BCUT2D eigenvalue weighted by Crippen LogP contribution is 2.25. The highest BCUT2D eigenvalue weighted by Gasteiger charge is 2.17. The van der Waals surface area contributed by atoms with E-state index >= 15 is 0 Å². The van der Waals surface area contributed by atoms with Gasteiger partial charge in [0.2, 0.25) is 11.0 Å². The number of hydrogen-bond donors (Lipinski definition) is 2. The van der Waals surface area contributed by atoms with E-state index in [9.17, 15) is 9.59 Å². The van der Waals surface area contributed by atoms with Gasteiger partial charge >= 0.3 is 0 Å². The third-order valence-corrected chi connectivity index (χ3v) is 7.57. The van der Waals surface area contributed by atoms with Crippen LogP contribution in [0, 0.1) is 26.2 Å². The van der Waals surface area contributed by atoms with Crippen LogP contribution in [0.2, 0.25) is 5.02 Å². The molecule has 1 amide bonds. The number of benzene rings is 1. The molecule has 1 fully saturated rings. The number of fused-ring (bicyclic) bond motifs is 1. The molecule has 9 nitrogen and oxygen atoms in total. The van der Waals surface area contributed by atoms with Crippen molar-refractivity contribution in [3.63, 3.8) is 0 Å². The molecule has 0 atom stereocenters. The van der Waals surface area contributed by atoms with Crippen molar-refractivity contribution in [2.75, 3.05) is 26.3 Å². The minimum absolute atomic E-state index is 0.0251. The lowest BCUT2D eigenvalue weighted by Gasteiger charge is -2.25. The fourth-order valence-electron chi connectivity index (χ4n) is 4.30. The molecule has 1 saturated heterocycles. The number of amides is 1. The first kappa shape index (κ1) is 24.2. The maximum atomic E-state index is 12.9. The van der Waals surface area contributed by atoms with Crippen LogP contribution in [0.25, 0.3) is 23.0 Å². The number of aryl methyl sites for hydroxylation is 2. The maximum absolute atomic E-state index is 12.9. The molecule has 4 heterocycles.